The molecule has 0 radical (unpaired) electrons. The van der Waals surface area contributed by atoms with E-state index in [1.165, 1.54) is 11.1 Å². The van der Waals surface area contributed by atoms with Gasteiger partial charge in [0.1, 0.15) is 6.61 Å². The van der Waals surface area contributed by atoms with E-state index in [4.69, 9.17) is 4.84 Å². The van der Waals surface area contributed by atoms with Gasteiger partial charge in [0, 0.05) is 6.42 Å². The summed E-state index contributed by atoms with van der Waals surface area (Å²) in [5, 5.41) is 4.30. The van der Waals surface area contributed by atoms with Crippen molar-refractivity contribution >= 4 is 5.71 Å². The summed E-state index contributed by atoms with van der Waals surface area (Å²) in [6.45, 7) is 8.75. The Labute approximate surface area is 115 Å². The summed E-state index contributed by atoms with van der Waals surface area (Å²) in [6, 6.07) is 10.1. The molecule has 0 bridgehead atoms. The number of nitrogens with zero attached hydrogens (tertiary/aromatic N) is 1. The number of benzene rings is 1. The fourth-order valence-electron chi connectivity index (χ4n) is 2.16. The lowest BCUT2D eigenvalue weighted by Gasteiger charge is -2.21. The molecule has 0 saturated carbocycles. The SMILES string of the molecule is C=C(C)[C@H]1CC=C(C)/C(=N\OCc2ccccc2)C1. The second-order valence-electron chi connectivity index (χ2n) is 5.17. The maximum Gasteiger partial charge on any atom is 0.142 e. The summed E-state index contributed by atoms with van der Waals surface area (Å²) in [4.78, 5) is 5.48. The van der Waals surface area contributed by atoms with Gasteiger partial charge >= 0.3 is 0 Å². The Kier molecular flexibility index (Phi) is 4.56. The first kappa shape index (κ1) is 13.6. The van der Waals surface area contributed by atoms with E-state index < -0.39 is 0 Å². The van der Waals surface area contributed by atoms with E-state index in [0.29, 0.717) is 12.5 Å². The number of hydrogen-bond donors (Lipinski definition) is 0. The highest BCUT2D eigenvalue weighted by Crippen LogP contribution is 2.26. The molecule has 0 aromatic heterocycles. The van der Waals surface area contributed by atoms with E-state index in [-0.39, 0.29) is 0 Å². The molecule has 2 rings (SSSR count). The minimum Gasteiger partial charge on any atom is -0.391 e. The van der Waals surface area contributed by atoms with Crippen LogP contribution in [0.3, 0.4) is 0 Å². The zero-order chi connectivity index (χ0) is 13.7. The first-order valence-electron chi connectivity index (χ1n) is 6.72. The van der Waals surface area contributed by atoms with Crippen LogP contribution in [0.25, 0.3) is 0 Å². The Balaban J connectivity index is 1.96. The molecule has 0 unspecified atom stereocenters. The molecule has 0 heterocycles. The van der Waals surface area contributed by atoms with Crippen LogP contribution in [0.1, 0.15) is 32.3 Å². The Morgan fingerprint density at radius 2 is 2.11 bits per heavy atom. The van der Waals surface area contributed by atoms with Crippen LogP contribution in [-0.4, -0.2) is 5.71 Å². The summed E-state index contributed by atoms with van der Waals surface area (Å²) in [5.74, 6) is 0.503. The predicted octanol–water partition coefficient (Wildman–Crippen LogP) is 4.49. The molecular weight excluding hydrogens is 234 g/mol. The van der Waals surface area contributed by atoms with Crippen LogP contribution >= 0.6 is 0 Å². The van der Waals surface area contributed by atoms with Gasteiger partial charge in [-0.05, 0) is 37.3 Å². The quantitative estimate of drug-likeness (QED) is 0.573. The lowest BCUT2D eigenvalue weighted by atomic mass is 9.85. The van der Waals surface area contributed by atoms with E-state index in [0.717, 1.165) is 24.1 Å². The number of rotatable bonds is 4. The molecule has 0 aliphatic heterocycles. The van der Waals surface area contributed by atoms with Crippen LogP contribution in [0.2, 0.25) is 0 Å². The summed E-state index contributed by atoms with van der Waals surface area (Å²) < 4.78 is 0. The van der Waals surface area contributed by atoms with Gasteiger partial charge in [-0.25, -0.2) is 0 Å². The van der Waals surface area contributed by atoms with Crippen molar-refractivity contribution in [1.82, 2.24) is 0 Å². The Hall–Kier alpha value is -1.83. The minimum atomic E-state index is 0.503. The number of oxime groups is 1. The molecule has 19 heavy (non-hydrogen) atoms. The molecular formula is C17H21NO. The van der Waals surface area contributed by atoms with Gasteiger partial charge in [-0.2, -0.15) is 0 Å². The average Bonchev–Trinajstić information content (AvgIpc) is 2.42. The van der Waals surface area contributed by atoms with E-state index in [9.17, 15) is 0 Å². The fraction of sp³-hybridized carbons (Fsp3) is 0.353. The Morgan fingerprint density at radius 1 is 1.37 bits per heavy atom. The summed E-state index contributed by atoms with van der Waals surface area (Å²) >= 11 is 0. The van der Waals surface area contributed by atoms with Crippen LogP contribution in [-0.2, 0) is 11.4 Å². The topological polar surface area (TPSA) is 21.6 Å². The van der Waals surface area contributed by atoms with Crippen LogP contribution in [0.15, 0.2) is 59.3 Å². The molecule has 1 aromatic carbocycles. The van der Waals surface area contributed by atoms with Crippen LogP contribution in [0, 0.1) is 5.92 Å². The highest BCUT2D eigenvalue weighted by molar-refractivity contribution is 6.00. The predicted molar refractivity (Wildman–Crippen MR) is 80.0 cm³/mol. The average molecular weight is 255 g/mol. The normalized spacial score (nSPS) is 21.1. The standard InChI is InChI=1S/C17H21NO/c1-13(2)16-10-9-14(3)17(11-16)18-19-12-15-7-5-4-6-8-15/h4-9,16H,1,10-12H2,2-3H3/b18-17-/t16-/m0/s1. The Bertz CT molecular complexity index is 499. The second kappa shape index (κ2) is 6.37. The third kappa shape index (κ3) is 3.82. The van der Waals surface area contributed by atoms with Crippen molar-refractivity contribution in [3.63, 3.8) is 0 Å². The summed E-state index contributed by atoms with van der Waals surface area (Å²) in [7, 11) is 0. The zero-order valence-corrected chi connectivity index (χ0v) is 11.7. The molecule has 0 amide bonds. The molecule has 0 saturated heterocycles. The lowest BCUT2D eigenvalue weighted by Crippen LogP contribution is -2.15. The van der Waals surface area contributed by atoms with Crippen molar-refractivity contribution < 1.29 is 4.84 Å². The molecule has 0 spiro atoms. The maximum absolute atomic E-state index is 5.48. The van der Waals surface area contributed by atoms with Crippen molar-refractivity contribution in [3.05, 3.63) is 59.7 Å². The first-order valence-corrected chi connectivity index (χ1v) is 6.72. The number of hydrogen-bond acceptors (Lipinski definition) is 2. The molecule has 2 heteroatoms. The third-order valence-electron chi connectivity index (χ3n) is 3.55. The molecule has 1 atom stereocenters. The minimum absolute atomic E-state index is 0.503. The smallest absolute Gasteiger partial charge is 0.142 e. The highest BCUT2D eigenvalue weighted by Gasteiger charge is 2.18. The molecule has 1 aliphatic rings. The van der Waals surface area contributed by atoms with Gasteiger partial charge in [-0.3, -0.25) is 0 Å². The monoisotopic (exact) mass is 255 g/mol. The third-order valence-corrected chi connectivity index (χ3v) is 3.55. The molecule has 2 nitrogen and oxygen atoms in total. The van der Waals surface area contributed by atoms with Crippen molar-refractivity contribution in [3.8, 4) is 0 Å². The molecule has 1 aliphatic carbocycles. The van der Waals surface area contributed by atoms with E-state index in [1.54, 1.807) is 0 Å². The van der Waals surface area contributed by atoms with Gasteiger partial charge in [-0.1, -0.05) is 53.7 Å². The summed E-state index contributed by atoms with van der Waals surface area (Å²) in [5.41, 5.74) is 4.64. The van der Waals surface area contributed by atoms with Crippen molar-refractivity contribution in [2.45, 2.75) is 33.3 Å². The molecule has 0 fully saturated rings. The first-order chi connectivity index (χ1) is 9.16. The van der Waals surface area contributed by atoms with Crippen molar-refractivity contribution in [2.75, 3.05) is 0 Å². The van der Waals surface area contributed by atoms with Crippen LogP contribution in [0.5, 0.6) is 0 Å². The maximum atomic E-state index is 5.48. The lowest BCUT2D eigenvalue weighted by molar-refractivity contribution is 0.129. The summed E-state index contributed by atoms with van der Waals surface area (Å²) in [6.07, 6.45) is 4.24. The zero-order valence-electron chi connectivity index (χ0n) is 11.7. The highest BCUT2D eigenvalue weighted by atomic mass is 16.6. The van der Waals surface area contributed by atoms with E-state index >= 15 is 0 Å². The van der Waals surface area contributed by atoms with Crippen LogP contribution in [0.4, 0.5) is 0 Å². The van der Waals surface area contributed by atoms with Gasteiger partial charge in [-0.15, -0.1) is 0 Å². The van der Waals surface area contributed by atoms with Crippen molar-refractivity contribution in [2.24, 2.45) is 11.1 Å². The largest absolute Gasteiger partial charge is 0.391 e. The Morgan fingerprint density at radius 3 is 2.79 bits per heavy atom. The van der Waals surface area contributed by atoms with Crippen LogP contribution < -0.4 is 0 Å². The van der Waals surface area contributed by atoms with Crippen molar-refractivity contribution in [1.29, 1.82) is 0 Å². The molecule has 100 valence electrons. The van der Waals surface area contributed by atoms with E-state index in [1.807, 2.05) is 30.3 Å². The van der Waals surface area contributed by atoms with Gasteiger partial charge < -0.3 is 4.84 Å². The number of allylic oxidation sites excluding steroid dienone is 3. The molecule has 1 aromatic rings. The van der Waals surface area contributed by atoms with Gasteiger partial charge in [0.2, 0.25) is 0 Å². The van der Waals surface area contributed by atoms with Gasteiger partial charge in [0.05, 0.1) is 5.71 Å². The van der Waals surface area contributed by atoms with Gasteiger partial charge in [0.25, 0.3) is 0 Å². The van der Waals surface area contributed by atoms with Gasteiger partial charge in [0.15, 0.2) is 0 Å². The van der Waals surface area contributed by atoms with E-state index in [2.05, 4.69) is 31.7 Å². The molecule has 0 N–H and O–H groups in total. The second-order valence-corrected chi connectivity index (χ2v) is 5.17. The fourth-order valence-corrected chi connectivity index (χ4v) is 2.16.